The zero-order chi connectivity index (χ0) is 36.4. The molecule has 0 aromatic rings. The lowest BCUT2D eigenvalue weighted by Crippen LogP contribution is -2.38. The molecule has 0 saturated carbocycles. The second kappa shape index (κ2) is 34.5. The Hall–Kier alpha value is -1.92. The molecular weight excluding hydrogens is 612 g/mol. The summed E-state index contributed by atoms with van der Waals surface area (Å²) in [5.74, 6) is -0.372. The van der Waals surface area contributed by atoms with Crippen molar-refractivity contribution in [2.24, 2.45) is 11.8 Å². The molecule has 1 amide bonds. The monoisotopic (exact) mass is 694 g/mol. The third-order valence-corrected chi connectivity index (χ3v) is 9.71. The number of nitrogens with zero attached hydrogens (tertiary/aromatic N) is 2. The van der Waals surface area contributed by atoms with Crippen LogP contribution in [0.3, 0.4) is 0 Å². The average molecular weight is 694 g/mol. The molecule has 0 saturated heterocycles. The van der Waals surface area contributed by atoms with E-state index in [4.69, 9.17) is 9.47 Å². The molecule has 0 aliphatic heterocycles. The van der Waals surface area contributed by atoms with Crippen molar-refractivity contribution in [1.29, 1.82) is 0 Å². The predicted molar refractivity (Wildman–Crippen MR) is 206 cm³/mol. The Kier molecular flexibility index (Phi) is 33.2. The summed E-state index contributed by atoms with van der Waals surface area (Å²) in [6.07, 6.45) is 30.2. The minimum Gasteiger partial charge on any atom is -0.464 e. The molecule has 7 heteroatoms. The lowest BCUT2D eigenvalue weighted by atomic mass is 9.94. The second-order valence-electron chi connectivity index (χ2n) is 14.6. The van der Waals surface area contributed by atoms with E-state index in [0.29, 0.717) is 25.9 Å². The number of amides is 1. The number of carbonyl (C=O) groups excluding carboxylic acids is 3. The molecule has 0 spiro atoms. The van der Waals surface area contributed by atoms with Gasteiger partial charge in [0, 0.05) is 12.8 Å². The van der Waals surface area contributed by atoms with Gasteiger partial charge in [-0.25, -0.2) is 4.58 Å². The van der Waals surface area contributed by atoms with Gasteiger partial charge in [0.15, 0.2) is 0 Å². The maximum atomic E-state index is 13.3. The van der Waals surface area contributed by atoms with E-state index in [1.807, 2.05) is 24.9 Å². The standard InChI is InChI=1S/C42H81N2O5/c1-7-11-15-19-23-28-38(29-24-20-16-12-8-2)41(46)48-36-34-44(40(45)32-27-33-43(5)6)35-37-49-42(47)39(30-25-21-17-13-9-3)31-26-22-18-14-10-4/h33,38-39H,7-32,34-37H2,1-6H3/q+1. The van der Waals surface area contributed by atoms with E-state index in [2.05, 4.69) is 27.7 Å². The minimum absolute atomic E-state index is 0.00278. The van der Waals surface area contributed by atoms with Crippen LogP contribution in [0, 0.1) is 11.8 Å². The van der Waals surface area contributed by atoms with Gasteiger partial charge in [-0.05, 0) is 25.7 Å². The molecule has 0 bridgehead atoms. The van der Waals surface area contributed by atoms with Crippen LogP contribution in [0.2, 0.25) is 0 Å². The number of hydrogen-bond donors (Lipinski definition) is 0. The van der Waals surface area contributed by atoms with E-state index in [9.17, 15) is 14.4 Å². The zero-order valence-corrected chi connectivity index (χ0v) is 33.4. The SMILES string of the molecule is CCCCCCCC(CCCCCCC)C(=O)OCCN(CCOC(=O)C(CCCCCCC)CCCCCCC)C(=O)CCC=[N+](C)C. The summed E-state index contributed by atoms with van der Waals surface area (Å²) in [5.41, 5.74) is 0. The highest BCUT2D eigenvalue weighted by Gasteiger charge is 2.23. The van der Waals surface area contributed by atoms with Crippen molar-refractivity contribution < 1.29 is 28.4 Å². The Bertz CT molecular complexity index is 748. The van der Waals surface area contributed by atoms with Gasteiger partial charge in [0.1, 0.15) is 33.5 Å². The molecule has 288 valence electrons. The highest BCUT2D eigenvalue weighted by atomic mass is 16.5. The maximum absolute atomic E-state index is 13.3. The lowest BCUT2D eigenvalue weighted by molar-refractivity contribution is -0.460. The molecule has 0 radical (unpaired) electrons. The van der Waals surface area contributed by atoms with Gasteiger partial charge in [0.2, 0.25) is 5.91 Å². The Balaban J connectivity index is 5.21. The summed E-state index contributed by atoms with van der Waals surface area (Å²) in [6, 6.07) is 0. The Morgan fingerprint density at radius 2 is 0.857 bits per heavy atom. The molecule has 7 nitrogen and oxygen atoms in total. The fraction of sp³-hybridized carbons (Fsp3) is 0.905. The number of unbranched alkanes of at least 4 members (excludes halogenated alkanes) is 16. The molecule has 0 fully saturated rings. The molecule has 0 aliphatic carbocycles. The van der Waals surface area contributed by atoms with Gasteiger partial charge in [-0.15, -0.1) is 0 Å². The van der Waals surface area contributed by atoms with Crippen LogP contribution in [0.25, 0.3) is 0 Å². The fourth-order valence-corrected chi connectivity index (χ4v) is 6.45. The van der Waals surface area contributed by atoms with Crippen LogP contribution in [-0.2, 0) is 23.9 Å². The number of esters is 2. The van der Waals surface area contributed by atoms with Crippen molar-refractivity contribution in [2.45, 2.75) is 195 Å². The van der Waals surface area contributed by atoms with Gasteiger partial charge in [0.25, 0.3) is 0 Å². The van der Waals surface area contributed by atoms with Crippen molar-refractivity contribution in [3.8, 4) is 0 Å². The third-order valence-electron chi connectivity index (χ3n) is 9.71. The lowest BCUT2D eigenvalue weighted by Gasteiger charge is -2.24. The normalized spacial score (nSPS) is 11.3. The average Bonchev–Trinajstić information content (AvgIpc) is 3.08. The van der Waals surface area contributed by atoms with E-state index in [0.717, 1.165) is 77.0 Å². The second-order valence-corrected chi connectivity index (χ2v) is 14.6. The topological polar surface area (TPSA) is 75.9 Å². The van der Waals surface area contributed by atoms with E-state index in [1.54, 1.807) is 4.90 Å². The first-order chi connectivity index (χ1) is 23.8. The van der Waals surface area contributed by atoms with Crippen LogP contribution >= 0.6 is 0 Å². The Morgan fingerprint density at radius 1 is 0.531 bits per heavy atom. The molecular formula is C42H81N2O5+. The Morgan fingerprint density at radius 3 is 1.16 bits per heavy atom. The van der Waals surface area contributed by atoms with Crippen molar-refractivity contribution in [1.82, 2.24) is 4.90 Å². The summed E-state index contributed by atoms with van der Waals surface area (Å²) >= 11 is 0. The van der Waals surface area contributed by atoms with Gasteiger partial charge < -0.3 is 14.4 Å². The molecule has 0 rings (SSSR count). The van der Waals surface area contributed by atoms with Crippen molar-refractivity contribution >= 4 is 24.1 Å². The van der Waals surface area contributed by atoms with Crippen LogP contribution in [0.5, 0.6) is 0 Å². The minimum atomic E-state index is -0.119. The summed E-state index contributed by atoms with van der Waals surface area (Å²) < 4.78 is 13.6. The molecule has 0 aromatic heterocycles. The van der Waals surface area contributed by atoms with Crippen LogP contribution in [0.4, 0.5) is 0 Å². The third kappa shape index (κ3) is 28.5. The summed E-state index contributed by atoms with van der Waals surface area (Å²) in [5, 5.41) is 0. The first-order valence-electron chi connectivity index (χ1n) is 20.9. The quantitative estimate of drug-likeness (QED) is 0.0286. The van der Waals surface area contributed by atoms with Gasteiger partial charge >= 0.3 is 11.9 Å². The van der Waals surface area contributed by atoms with Gasteiger partial charge in [-0.2, -0.15) is 0 Å². The van der Waals surface area contributed by atoms with E-state index >= 15 is 0 Å². The fourth-order valence-electron chi connectivity index (χ4n) is 6.45. The van der Waals surface area contributed by atoms with Gasteiger partial charge in [0.05, 0.1) is 24.9 Å². The first kappa shape index (κ1) is 47.1. The molecule has 0 aromatic carbocycles. The van der Waals surface area contributed by atoms with Crippen molar-refractivity contribution in [3.05, 3.63) is 0 Å². The van der Waals surface area contributed by atoms with Crippen LogP contribution in [0.15, 0.2) is 0 Å². The summed E-state index contributed by atoms with van der Waals surface area (Å²) in [7, 11) is 3.91. The molecule has 0 heterocycles. The highest BCUT2D eigenvalue weighted by Crippen LogP contribution is 2.22. The number of rotatable bonds is 35. The van der Waals surface area contributed by atoms with Crippen LogP contribution < -0.4 is 0 Å². The number of carbonyl (C=O) groups is 3. The van der Waals surface area contributed by atoms with Crippen LogP contribution in [-0.4, -0.2) is 73.9 Å². The molecule has 0 atom stereocenters. The molecule has 49 heavy (non-hydrogen) atoms. The summed E-state index contributed by atoms with van der Waals surface area (Å²) in [6.45, 7) is 9.88. The largest absolute Gasteiger partial charge is 0.464 e. The smallest absolute Gasteiger partial charge is 0.308 e. The summed E-state index contributed by atoms with van der Waals surface area (Å²) in [4.78, 5) is 41.5. The number of ether oxygens (including phenoxy) is 2. The highest BCUT2D eigenvalue weighted by molar-refractivity contribution is 5.78. The van der Waals surface area contributed by atoms with Crippen molar-refractivity contribution in [3.63, 3.8) is 0 Å². The van der Waals surface area contributed by atoms with E-state index in [-0.39, 0.29) is 42.9 Å². The zero-order valence-electron chi connectivity index (χ0n) is 33.4. The van der Waals surface area contributed by atoms with E-state index in [1.165, 1.54) is 77.0 Å². The Labute approximate surface area is 303 Å². The van der Waals surface area contributed by atoms with Crippen molar-refractivity contribution in [2.75, 3.05) is 40.4 Å². The van der Waals surface area contributed by atoms with Gasteiger partial charge in [-0.3, -0.25) is 14.4 Å². The van der Waals surface area contributed by atoms with Gasteiger partial charge in [-0.1, -0.05) is 156 Å². The molecule has 0 aliphatic rings. The number of hydrogen-bond acceptors (Lipinski definition) is 5. The predicted octanol–water partition coefficient (Wildman–Crippen LogP) is 10.7. The molecule has 0 N–H and O–H groups in total. The van der Waals surface area contributed by atoms with Crippen LogP contribution in [0.1, 0.15) is 195 Å². The molecule has 0 unspecified atom stereocenters. The maximum Gasteiger partial charge on any atom is 0.308 e. The van der Waals surface area contributed by atoms with E-state index < -0.39 is 0 Å². The first-order valence-corrected chi connectivity index (χ1v) is 20.9.